The largest absolute Gasteiger partial charge is 2.00 e. The normalized spacial score (nSPS) is 7.38. The van der Waals surface area contributed by atoms with E-state index in [2.05, 4.69) is 33.7 Å². The molecular weight excluding hydrogens is 249 g/mol. The first-order chi connectivity index (χ1) is 2.00. The molecule has 0 spiro atoms. The third-order valence-corrected chi connectivity index (χ3v) is 0. The summed E-state index contributed by atoms with van der Waals surface area (Å²) in [5, 5.41) is -3.22. The van der Waals surface area contributed by atoms with Gasteiger partial charge in [-0.2, -0.15) is 0 Å². The van der Waals surface area contributed by atoms with E-state index in [1.54, 1.807) is 0 Å². The fourth-order valence-corrected chi connectivity index (χ4v) is 0. The molecule has 0 aliphatic carbocycles. The maximum Gasteiger partial charge on any atom is 2.00 e. The Bertz CT molecular complexity index is 58.6. The van der Waals surface area contributed by atoms with E-state index in [-0.39, 0.29) is 47.9 Å². The smallest absolute Gasteiger partial charge is 1.00 e. The van der Waals surface area contributed by atoms with Crippen LogP contribution in [0.3, 0.4) is 0 Å². The van der Waals surface area contributed by atoms with Crippen LogP contribution in [0.25, 0.3) is 0 Å². The van der Waals surface area contributed by atoms with Crippen molar-refractivity contribution in [1.29, 1.82) is 0 Å². The first-order valence-electron chi connectivity index (χ1n) is 0.690. The summed E-state index contributed by atoms with van der Waals surface area (Å²) >= 11 is 13.8. The second-order valence-corrected chi connectivity index (χ2v) is 7.04. The molecule has 8 heavy (non-hydrogen) atoms. The van der Waals surface area contributed by atoms with Crippen molar-refractivity contribution in [3.8, 4) is 0 Å². The molecule has 0 atom stereocenters. The van der Waals surface area contributed by atoms with Crippen molar-refractivity contribution < 1.29 is 29.4 Å². The van der Waals surface area contributed by atoms with Crippen molar-refractivity contribution >= 4 is 62.0 Å². The van der Waals surface area contributed by atoms with Crippen molar-refractivity contribution in [3.05, 3.63) is 0 Å². The Balaban J connectivity index is -0.0000000267. The number of halogens is 5. The third kappa shape index (κ3) is 78.3. The maximum atomic E-state index is 9.51. The van der Waals surface area contributed by atoms with E-state index in [0.29, 0.717) is 0 Å². The molecule has 8 heteroatoms. The van der Waals surface area contributed by atoms with Crippen LogP contribution in [0, 0.1) is 0 Å². The standard InChI is InChI=1S/Cl3OP.2ClH.Mg/c1-5(2,3)4;;;/h;2*1H;/q;;;+2/p-2. The van der Waals surface area contributed by atoms with E-state index in [9.17, 15) is 4.57 Å². The zero-order valence-corrected chi connectivity index (χ0v) is 9.54. The predicted octanol–water partition coefficient (Wildman–Crippen LogP) is -3.56. The van der Waals surface area contributed by atoms with Gasteiger partial charge in [0.05, 0.1) is 0 Å². The van der Waals surface area contributed by atoms with Gasteiger partial charge in [-0.25, -0.2) is 0 Å². The summed E-state index contributed by atoms with van der Waals surface area (Å²) in [6.07, 6.45) is 0. The van der Waals surface area contributed by atoms with Gasteiger partial charge < -0.3 is 24.8 Å². The minimum absolute atomic E-state index is 0. The van der Waals surface area contributed by atoms with E-state index < -0.39 is 5.20 Å². The average molecular weight is 249 g/mol. The van der Waals surface area contributed by atoms with E-state index >= 15 is 0 Å². The maximum absolute atomic E-state index is 9.51. The molecule has 0 aromatic rings. The monoisotopic (exact) mass is 246 g/mol. The second kappa shape index (κ2) is 9.45. The fourth-order valence-electron chi connectivity index (χ4n) is 0. The van der Waals surface area contributed by atoms with Gasteiger partial charge in [0.2, 0.25) is 0 Å². The zero-order chi connectivity index (χ0) is 4.50. The summed E-state index contributed by atoms with van der Waals surface area (Å²) in [5.41, 5.74) is 0. The molecule has 48 valence electrons. The Morgan fingerprint density at radius 1 is 1.00 bits per heavy atom. The Morgan fingerprint density at radius 2 is 1.00 bits per heavy atom. The van der Waals surface area contributed by atoms with Gasteiger partial charge in [-0.15, -0.1) is 0 Å². The van der Waals surface area contributed by atoms with Crippen LogP contribution in [0.5, 0.6) is 0 Å². The summed E-state index contributed by atoms with van der Waals surface area (Å²) in [6.45, 7) is 0. The summed E-state index contributed by atoms with van der Waals surface area (Å²) in [7, 11) is 0. The Labute approximate surface area is 90.5 Å². The van der Waals surface area contributed by atoms with Gasteiger partial charge >= 0.3 is 28.3 Å². The Morgan fingerprint density at radius 3 is 1.00 bits per heavy atom. The summed E-state index contributed by atoms with van der Waals surface area (Å²) in [4.78, 5) is 0. The van der Waals surface area contributed by atoms with Gasteiger partial charge in [0.1, 0.15) is 0 Å². The average Bonchev–Trinajstić information content (AvgIpc) is 0.722. The van der Waals surface area contributed by atoms with Gasteiger partial charge in [-0.1, -0.05) is 0 Å². The molecule has 0 N–H and O–H groups in total. The first kappa shape index (κ1) is 22.4. The molecule has 0 aromatic heterocycles. The van der Waals surface area contributed by atoms with Crippen molar-refractivity contribution in [2.24, 2.45) is 0 Å². The van der Waals surface area contributed by atoms with Crippen LogP contribution in [0.2, 0.25) is 0 Å². The summed E-state index contributed by atoms with van der Waals surface area (Å²) in [5.74, 6) is 0. The number of hydrogen-bond donors (Lipinski definition) is 0. The van der Waals surface area contributed by atoms with Gasteiger partial charge in [-0.05, 0) is 33.7 Å². The molecule has 0 fully saturated rings. The van der Waals surface area contributed by atoms with Crippen molar-refractivity contribution in [2.45, 2.75) is 0 Å². The molecule has 0 radical (unpaired) electrons. The molecule has 0 heterocycles. The first-order valence-corrected chi connectivity index (χ1v) is 5.11. The molecule has 0 aromatic carbocycles. The third-order valence-electron chi connectivity index (χ3n) is 0. The van der Waals surface area contributed by atoms with Crippen LogP contribution in [-0.2, 0) is 4.57 Å². The van der Waals surface area contributed by atoms with E-state index in [4.69, 9.17) is 0 Å². The summed E-state index contributed by atoms with van der Waals surface area (Å²) in [6, 6.07) is 0. The van der Waals surface area contributed by atoms with E-state index in [1.165, 1.54) is 0 Å². The van der Waals surface area contributed by atoms with Gasteiger partial charge in [0.15, 0.2) is 0 Å². The van der Waals surface area contributed by atoms with E-state index in [1.807, 2.05) is 0 Å². The van der Waals surface area contributed by atoms with Crippen LogP contribution in [0.15, 0.2) is 0 Å². The minimum Gasteiger partial charge on any atom is -1.00 e. The van der Waals surface area contributed by atoms with Gasteiger partial charge in [0, 0.05) is 0 Å². The van der Waals surface area contributed by atoms with Gasteiger partial charge in [0.25, 0.3) is 0 Å². The van der Waals surface area contributed by atoms with E-state index in [0.717, 1.165) is 0 Å². The zero-order valence-electron chi connectivity index (χ0n) is 3.45. The van der Waals surface area contributed by atoms with Crippen LogP contribution in [-0.4, -0.2) is 23.1 Å². The van der Waals surface area contributed by atoms with Crippen LogP contribution in [0.4, 0.5) is 0 Å². The Kier molecular flexibility index (Phi) is 26.5. The SMILES string of the molecule is O=P(Cl)(Cl)Cl.[Cl-].[Cl-].[Mg+2]. The molecule has 0 bridgehead atoms. The van der Waals surface area contributed by atoms with Crippen LogP contribution < -0.4 is 24.8 Å². The molecule has 0 saturated carbocycles. The molecular formula is Cl5MgOP. The topological polar surface area (TPSA) is 17.1 Å². The molecule has 1 nitrogen and oxygen atoms in total. The van der Waals surface area contributed by atoms with Crippen molar-refractivity contribution in [3.63, 3.8) is 0 Å². The minimum atomic E-state index is -3.22. The molecule has 0 amide bonds. The molecule has 0 rings (SSSR count). The number of hydrogen-bond acceptors (Lipinski definition) is 1. The molecule has 0 saturated heterocycles. The van der Waals surface area contributed by atoms with Crippen LogP contribution >= 0.6 is 38.9 Å². The predicted molar refractivity (Wildman–Crippen MR) is 30.9 cm³/mol. The Hall–Kier alpha value is 2.45. The fraction of sp³-hybridized carbons (Fsp3) is 0. The van der Waals surface area contributed by atoms with Crippen molar-refractivity contribution in [2.75, 3.05) is 0 Å². The molecule has 0 unspecified atom stereocenters. The second-order valence-electron chi connectivity index (χ2n) is 0.399. The quantitative estimate of drug-likeness (QED) is 0.320. The van der Waals surface area contributed by atoms with Crippen LogP contribution in [0.1, 0.15) is 0 Å². The van der Waals surface area contributed by atoms with Crippen molar-refractivity contribution in [1.82, 2.24) is 0 Å². The molecule has 0 aliphatic heterocycles. The van der Waals surface area contributed by atoms with Gasteiger partial charge in [-0.3, -0.25) is 4.57 Å². The molecule has 0 aliphatic rings. The summed E-state index contributed by atoms with van der Waals surface area (Å²) < 4.78 is 9.51. The number of rotatable bonds is 0.